The van der Waals surface area contributed by atoms with Crippen LogP contribution in [0.1, 0.15) is 21.5 Å². The molecular weight excluding hydrogens is 278 g/mol. The van der Waals surface area contributed by atoms with Crippen LogP contribution in [0.3, 0.4) is 0 Å². The standard InChI is InChI=1S/C18H19NO3/c1-2-11-22-17-9-7-14(8-10-17)18(21)19-12-15-5-3-4-6-16(15)13-20/h2-10,20H,1,11-13H2,(H,19,21). The summed E-state index contributed by atoms with van der Waals surface area (Å²) in [7, 11) is 0. The van der Waals surface area contributed by atoms with Crippen LogP contribution in [-0.4, -0.2) is 17.6 Å². The van der Waals surface area contributed by atoms with Crippen molar-refractivity contribution >= 4 is 5.91 Å². The summed E-state index contributed by atoms with van der Waals surface area (Å²) in [5.74, 6) is 0.532. The van der Waals surface area contributed by atoms with E-state index in [-0.39, 0.29) is 12.5 Å². The molecule has 1 amide bonds. The summed E-state index contributed by atoms with van der Waals surface area (Å²) in [6.45, 7) is 4.35. The summed E-state index contributed by atoms with van der Waals surface area (Å²) >= 11 is 0. The number of carbonyl (C=O) groups is 1. The lowest BCUT2D eigenvalue weighted by molar-refractivity contribution is 0.0950. The molecule has 0 unspecified atom stereocenters. The highest BCUT2D eigenvalue weighted by atomic mass is 16.5. The topological polar surface area (TPSA) is 58.6 Å². The second-order valence-electron chi connectivity index (χ2n) is 4.73. The third kappa shape index (κ3) is 4.20. The van der Waals surface area contributed by atoms with Crippen LogP contribution in [0.4, 0.5) is 0 Å². The van der Waals surface area contributed by atoms with Gasteiger partial charge in [-0.2, -0.15) is 0 Å². The molecule has 4 nitrogen and oxygen atoms in total. The van der Waals surface area contributed by atoms with Crippen LogP contribution < -0.4 is 10.1 Å². The maximum absolute atomic E-state index is 12.1. The minimum Gasteiger partial charge on any atom is -0.490 e. The monoisotopic (exact) mass is 297 g/mol. The van der Waals surface area contributed by atoms with Crippen molar-refractivity contribution in [2.45, 2.75) is 13.2 Å². The van der Waals surface area contributed by atoms with E-state index in [1.165, 1.54) is 0 Å². The Labute approximate surface area is 130 Å². The Morgan fingerprint density at radius 1 is 1.14 bits per heavy atom. The van der Waals surface area contributed by atoms with Crippen LogP contribution in [0.2, 0.25) is 0 Å². The van der Waals surface area contributed by atoms with Gasteiger partial charge in [-0.1, -0.05) is 36.9 Å². The van der Waals surface area contributed by atoms with Gasteiger partial charge in [-0.25, -0.2) is 0 Å². The number of hydrogen-bond acceptors (Lipinski definition) is 3. The van der Waals surface area contributed by atoms with E-state index in [0.717, 1.165) is 11.1 Å². The first-order valence-corrected chi connectivity index (χ1v) is 7.04. The first kappa shape index (κ1) is 15.8. The summed E-state index contributed by atoms with van der Waals surface area (Å²) in [6, 6.07) is 14.4. The van der Waals surface area contributed by atoms with Gasteiger partial charge in [0.2, 0.25) is 0 Å². The molecule has 0 radical (unpaired) electrons. The first-order chi connectivity index (χ1) is 10.7. The second kappa shape index (κ2) is 8.00. The van der Waals surface area contributed by atoms with Gasteiger partial charge in [-0.15, -0.1) is 0 Å². The Balaban J connectivity index is 1.95. The molecule has 0 aromatic heterocycles. The van der Waals surface area contributed by atoms with Crippen molar-refractivity contribution in [1.82, 2.24) is 5.32 Å². The fourth-order valence-corrected chi connectivity index (χ4v) is 2.02. The van der Waals surface area contributed by atoms with E-state index in [1.807, 2.05) is 24.3 Å². The number of aliphatic hydroxyl groups is 1. The Morgan fingerprint density at radius 2 is 1.82 bits per heavy atom. The number of nitrogens with one attached hydrogen (secondary N) is 1. The van der Waals surface area contributed by atoms with Crippen molar-refractivity contribution in [1.29, 1.82) is 0 Å². The quantitative estimate of drug-likeness (QED) is 0.773. The molecule has 4 heteroatoms. The molecule has 2 aromatic carbocycles. The zero-order valence-corrected chi connectivity index (χ0v) is 12.3. The van der Waals surface area contributed by atoms with E-state index >= 15 is 0 Å². The Bertz CT molecular complexity index is 635. The number of ether oxygens (including phenoxy) is 1. The molecule has 0 spiro atoms. The van der Waals surface area contributed by atoms with Crippen molar-refractivity contribution in [2.24, 2.45) is 0 Å². The fraction of sp³-hybridized carbons (Fsp3) is 0.167. The average Bonchev–Trinajstić information content (AvgIpc) is 2.58. The molecule has 22 heavy (non-hydrogen) atoms. The normalized spacial score (nSPS) is 10.0. The molecule has 0 bridgehead atoms. The summed E-state index contributed by atoms with van der Waals surface area (Å²) in [5, 5.41) is 12.1. The van der Waals surface area contributed by atoms with Gasteiger partial charge in [-0.05, 0) is 35.4 Å². The van der Waals surface area contributed by atoms with Gasteiger partial charge in [-0.3, -0.25) is 4.79 Å². The molecule has 2 rings (SSSR count). The van der Waals surface area contributed by atoms with Crippen LogP contribution in [0.15, 0.2) is 61.2 Å². The van der Waals surface area contributed by atoms with Crippen LogP contribution in [-0.2, 0) is 13.2 Å². The van der Waals surface area contributed by atoms with Gasteiger partial charge in [0.25, 0.3) is 5.91 Å². The van der Waals surface area contributed by atoms with Crippen LogP contribution >= 0.6 is 0 Å². The van der Waals surface area contributed by atoms with Crippen molar-refractivity contribution < 1.29 is 14.6 Å². The van der Waals surface area contributed by atoms with E-state index < -0.39 is 0 Å². The second-order valence-corrected chi connectivity index (χ2v) is 4.73. The number of hydrogen-bond donors (Lipinski definition) is 2. The van der Waals surface area contributed by atoms with Crippen molar-refractivity contribution in [3.8, 4) is 5.75 Å². The lowest BCUT2D eigenvalue weighted by Crippen LogP contribution is -2.23. The first-order valence-electron chi connectivity index (χ1n) is 7.04. The van der Waals surface area contributed by atoms with E-state index in [0.29, 0.717) is 24.5 Å². The molecule has 0 heterocycles. The van der Waals surface area contributed by atoms with E-state index in [2.05, 4.69) is 11.9 Å². The van der Waals surface area contributed by atoms with Crippen molar-refractivity contribution in [3.63, 3.8) is 0 Å². The zero-order valence-electron chi connectivity index (χ0n) is 12.3. The molecule has 0 saturated heterocycles. The maximum atomic E-state index is 12.1. The van der Waals surface area contributed by atoms with Crippen LogP contribution in [0.5, 0.6) is 5.75 Å². The Kier molecular flexibility index (Phi) is 5.74. The minimum absolute atomic E-state index is 0.0403. The maximum Gasteiger partial charge on any atom is 0.251 e. The van der Waals surface area contributed by atoms with Crippen LogP contribution in [0.25, 0.3) is 0 Å². The van der Waals surface area contributed by atoms with Crippen molar-refractivity contribution in [3.05, 3.63) is 77.9 Å². The number of amides is 1. The molecule has 0 fully saturated rings. The number of rotatable bonds is 7. The molecule has 0 aliphatic rings. The Hall–Kier alpha value is -2.59. The SMILES string of the molecule is C=CCOc1ccc(C(=O)NCc2ccccc2CO)cc1. The molecule has 0 aliphatic heterocycles. The molecular formula is C18H19NO3. The van der Waals surface area contributed by atoms with Gasteiger partial charge in [0.05, 0.1) is 6.61 Å². The van der Waals surface area contributed by atoms with Crippen molar-refractivity contribution in [2.75, 3.05) is 6.61 Å². The lowest BCUT2D eigenvalue weighted by atomic mass is 10.1. The lowest BCUT2D eigenvalue weighted by Gasteiger charge is -2.09. The molecule has 0 aliphatic carbocycles. The highest BCUT2D eigenvalue weighted by molar-refractivity contribution is 5.94. The summed E-state index contributed by atoms with van der Waals surface area (Å²) in [6.07, 6.45) is 1.67. The van der Waals surface area contributed by atoms with E-state index in [4.69, 9.17) is 4.74 Å². The zero-order chi connectivity index (χ0) is 15.8. The molecule has 2 N–H and O–H groups in total. The van der Waals surface area contributed by atoms with E-state index in [9.17, 15) is 9.90 Å². The summed E-state index contributed by atoms with van der Waals surface area (Å²) in [5.41, 5.74) is 2.28. The number of aliphatic hydroxyl groups excluding tert-OH is 1. The molecule has 0 atom stereocenters. The number of benzene rings is 2. The Morgan fingerprint density at radius 3 is 2.45 bits per heavy atom. The predicted octanol–water partition coefficient (Wildman–Crippen LogP) is 2.67. The molecule has 0 saturated carbocycles. The number of carbonyl (C=O) groups excluding carboxylic acids is 1. The predicted molar refractivity (Wildman–Crippen MR) is 85.7 cm³/mol. The van der Waals surface area contributed by atoms with Gasteiger partial charge in [0.15, 0.2) is 0 Å². The molecule has 114 valence electrons. The summed E-state index contributed by atoms with van der Waals surface area (Å²) < 4.78 is 5.37. The highest BCUT2D eigenvalue weighted by Crippen LogP contribution is 2.13. The van der Waals surface area contributed by atoms with Gasteiger partial charge in [0, 0.05) is 12.1 Å². The smallest absolute Gasteiger partial charge is 0.251 e. The summed E-state index contributed by atoms with van der Waals surface area (Å²) in [4.78, 5) is 12.1. The minimum atomic E-state index is -0.164. The third-order valence-electron chi connectivity index (χ3n) is 3.21. The third-order valence-corrected chi connectivity index (χ3v) is 3.21. The van der Waals surface area contributed by atoms with Gasteiger partial charge >= 0.3 is 0 Å². The average molecular weight is 297 g/mol. The van der Waals surface area contributed by atoms with E-state index in [1.54, 1.807) is 30.3 Å². The highest BCUT2D eigenvalue weighted by Gasteiger charge is 2.07. The van der Waals surface area contributed by atoms with Gasteiger partial charge < -0.3 is 15.2 Å². The van der Waals surface area contributed by atoms with Crippen LogP contribution in [0, 0.1) is 0 Å². The fourth-order valence-electron chi connectivity index (χ4n) is 2.02. The van der Waals surface area contributed by atoms with Gasteiger partial charge in [0.1, 0.15) is 12.4 Å². The largest absolute Gasteiger partial charge is 0.490 e. The molecule has 2 aromatic rings.